The number of hydrogen-bond acceptors (Lipinski definition) is 6. The van der Waals surface area contributed by atoms with Crippen LogP contribution in [0.2, 0.25) is 5.02 Å². The molecule has 1 aromatic heterocycles. The predicted molar refractivity (Wildman–Crippen MR) is 135 cm³/mol. The van der Waals surface area contributed by atoms with E-state index < -0.39 is 17.8 Å². The number of aromatic nitrogens is 2. The Morgan fingerprint density at radius 3 is 2.61 bits per heavy atom. The molecule has 0 spiro atoms. The minimum Gasteiger partial charge on any atom is -0.378 e. The van der Waals surface area contributed by atoms with Crippen LogP contribution in [0.1, 0.15) is 36.2 Å². The number of ether oxygens (including phenoxy) is 1. The SMILES string of the molecule is C[C@H](c1cc(Cl)ccc1C(F)(F)F)N1CCCc2nnc(Nc3cccc(N4CCOCC4)c3)cc21. The van der Waals surface area contributed by atoms with Gasteiger partial charge in [0.25, 0.3) is 0 Å². The van der Waals surface area contributed by atoms with E-state index in [0.29, 0.717) is 25.6 Å². The van der Waals surface area contributed by atoms with Crippen molar-refractivity contribution in [1.29, 1.82) is 0 Å². The molecule has 3 aromatic rings. The van der Waals surface area contributed by atoms with E-state index in [-0.39, 0.29) is 10.6 Å². The number of aryl methyl sites for hydroxylation is 1. The average molecular weight is 518 g/mol. The lowest BCUT2D eigenvalue weighted by Crippen LogP contribution is -2.36. The molecule has 2 aromatic carbocycles. The van der Waals surface area contributed by atoms with Gasteiger partial charge in [0.2, 0.25) is 0 Å². The van der Waals surface area contributed by atoms with Crippen LogP contribution in [-0.2, 0) is 17.3 Å². The first-order valence-corrected chi connectivity index (χ1v) is 12.4. The number of morpholine rings is 1. The molecule has 6 nitrogen and oxygen atoms in total. The zero-order valence-corrected chi connectivity index (χ0v) is 20.6. The summed E-state index contributed by atoms with van der Waals surface area (Å²) >= 11 is 6.11. The van der Waals surface area contributed by atoms with E-state index in [4.69, 9.17) is 16.3 Å². The van der Waals surface area contributed by atoms with E-state index in [0.717, 1.165) is 54.8 Å². The average Bonchev–Trinajstić information content (AvgIpc) is 2.88. The second-order valence-electron chi connectivity index (χ2n) is 9.04. The highest BCUT2D eigenvalue weighted by molar-refractivity contribution is 6.30. The first-order valence-electron chi connectivity index (χ1n) is 12.0. The highest BCUT2D eigenvalue weighted by Crippen LogP contribution is 2.41. The third kappa shape index (κ3) is 5.22. The van der Waals surface area contributed by atoms with Crippen molar-refractivity contribution in [3.05, 3.63) is 70.4 Å². The van der Waals surface area contributed by atoms with Crippen LogP contribution in [0.3, 0.4) is 0 Å². The number of hydrogen-bond donors (Lipinski definition) is 1. The zero-order chi connectivity index (χ0) is 25.3. The Bertz CT molecular complexity index is 1230. The number of alkyl halides is 3. The molecule has 5 rings (SSSR count). The normalized spacial score (nSPS) is 17.0. The summed E-state index contributed by atoms with van der Waals surface area (Å²) in [5.41, 5.74) is 2.97. The molecule has 3 heterocycles. The third-order valence-corrected chi connectivity index (χ3v) is 6.94. The van der Waals surface area contributed by atoms with Gasteiger partial charge in [0.15, 0.2) is 5.82 Å². The van der Waals surface area contributed by atoms with E-state index in [2.05, 4.69) is 32.5 Å². The van der Waals surface area contributed by atoms with E-state index in [1.807, 2.05) is 23.1 Å². The molecule has 0 radical (unpaired) electrons. The number of halogens is 4. The van der Waals surface area contributed by atoms with Crippen molar-refractivity contribution in [2.24, 2.45) is 0 Å². The maximum absolute atomic E-state index is 13.8. The quantitative estimate of drug-likeness (QED) is 0.432. The zero-order valence-electron chi connectivity index (χ0n) is 19.9. The van der Waals surface area contributed by atoms with Gasteiger partial charge in [0.1, 0.15) is 0 Å². The molecule has 1 atom stereocenters. The van der Waals surface area contributed by atoms with Crippen LogP contribution in [0.25, 0.3) is 0 Å². The Labute approximate surface area is 213 Å². The van der Waals surface area contributed by atoms with Crippen LogP contribution in [0.5, 0.6) is 0 Å². The van der Waals surface area contributed by atoms with Crippen molar-refractivity contribution in [1.82, 2.24) is 10.2 Å². The fourth-order valence-electron chi connectivity index (χ4n) is 4.89. The molecule has 10 heteroatoms. The number of rotatable bonds is 5. The Balaban J connectivity index is 1.43. The van der Waals surface area contributed by atoms with Gasteiger partial charge in [-0.2, -0.15) is 18.3 Å². The van der Waals surface area contributed by atoms with Crippen molar-refractivity contribution in [2.45, 2.75) is 32.0 Å². The van der Waals surface area contributed by atoms with Crippen LogP contribution in [-0.4, -0.2) is 43.0 Å². The topological polar surface area (TPSA) is 53.5 Å². The van der Waals surface area contributed by atoms with Crippen molar-refractivity contribution < 1.29 is 17.9 Å². The van der Waals surface area contributed by atoms with Gasteiger partial charge < -0.3 is 19.9 Å². The molecule has 0 saturated carbocycles. The standard InChI is InChI=1S/C26H27ClF3N5O/c1-17(21-14-18(27)7-8-22(21)26(28,29)30)35-9-3-6-23-24(35)16-25(33-32-23)31-19-4-2-5-20(15-19)34-10-12-36-13-11-34/h2,4-5,7-8,14-17H,3,6,9-13H2,1H3,(H,31,33)/t17-/m1/s1. The minimum atomic E-state index is -4.47. The maximum Gasteiger partial charge on any atom is 0.416 e. The Hall–Kier alpha value is -3.04. The predicted octanol–water partition coefficient (Wildman–Crippen LogP) is 6.24. The summed E-state index contributed by atoms with van der Waals surface area (Å²) < 4.78 is 46.8. The summed E-state index contributed by atoms with van der Waals surface area (Å²) in [6, 6.07) is 13.1. The van der Waals surface area contributed by atoms with Crippen LogP contribution in [0, 0.1) is 0 Å². The van der Waals surface area contributed by atoms with E-state index in [1.165, 1.54) is 12.1 Å². The van der Waals surface area contributed by atoms with Gasteiger partial charge >= 0.3 is 6.18 Å². The number of anilines is 4. The Morgan fingerprint density at radius 2 is 1.83 bits per heavy atom. The molecular formula is C26H27ClF3N5O. The van der Waals surface area contributed by atoms with Crippen LogP contribution >= 0.6 is 11.6 Å². The van der Waals surface area contributed by atoms with Crippen LogP contribution < -0.4 is 15.1 Å². The highest BCUT2D eigenvalue weighted by Gasteiger charge is 2.36. The first kappa shape index (κ1) is 24.6. The third-order valence-electron chi connectivity index (χ3n) is 6.70. The van der Waals surface area contributed by atoms with Gasteiger partial charge in [-0.1, -0.05) is 17.7 Å². The second kappa shape index (κ2) is 10.1. The minimum absolute atomic E-state index is 0.146. The maximum atomic E-state index is 13.8. The van der Waals surface area contributed by atoms with Gasteiger partial charge in [0, 0.05) is 42.1 Å². The lowest BCUT2D eigenvalue weighted by atomic mass is 9.97. The van der Waals surface area contributed by atoms with Gasteiger partial charge in [-0.05, 0) is 61.7 Å². The molecule has 1 N–H and O–H groups in total. The number of nitrogens with zero attached hydrogens (tertiary/aromatic N) is 4. The number of nitrogens with one attached hydrogen (secondary N) is 1. The molecule has 0 amide bonds. The first-order chi connectivity index (χ1) is 17.3. The van der Waals surface area contributed by atoms with Crippen molar-refractivity contribution in [3.63, 3.8) is 0 Å². The molecular weight excluding hydrogens is 491 g/mol. The largest absolute Gasteiger partial charge is 0.416 e. The second-order valence-corrected chi connectivity index (χ2v) is 9.47. The molecule has 1 saturated heterocycles. The van der Waals surface area contributed by atoms with Crippen molar-refractivity contribution in [2.75, 3.05) is 48.0 Å². The van der Waals surface area contributed by atoms with E-state index in [1.54, 1.807) is 6.92 Å². The van der Waals surface area contributed by atoms with Gasteiger partial charge in [-0.3, -0.25) is 0 Å². The summed E-state index contributed by atoms with van der Waals surface area (Å²) in [5, 5.41) is 12.4. The van der Waals surface area contributed by atoms with Crippen molar-refractivity contribution >= 4 is 34.5 Å². The van der Waals surface area contributed by atoms with Crippen LogP contribution in [0.15, 0.2) is 48.5 Å². The molecule has 190 valence electrons. The molecule has 36 heavy (non-hydrogen) atoms. The summed E-state index contributed by atoms with van der Waals surface area (Å²) in [6.45, 7) is 5.44. The van der Waals surface area contributed by atoms with Gasteiger partial charge in [-0.25, -0.2) is 0 Å². The van der Waals surface area contributed by atoms with Gasteiger partial charge in [-0.15, -0.1) is 5.10 Å². The fraction of sp³-hybridized carbons (Fsp3) is 0.385. The summed E-state index contributed by atoms with van der Waals surface area (Å²) in [4.78, 5) is 4.23. The molecule has 0 unspecified atom stereocenters. The van der Waals surface area contributed by atoms with E-state index >= 15 is 0 Å². The molecule has 2 aliphatic heterocycles. The van der Waals surface area contributed by atoms with Crippen molar-refractivity contribution in [3.8, 4) is 0 Å². The Kier molecular flexibility index (Phi) is 6.94. The fourth-order valence-corrected chi connectivity index (χ4v) is 5.07. The Morgan fingerprint density at radius 1 is 1.03 bits per heavy atom. The number of benzene rings is 2. The van der Waals surface area contributed by atoms with Gasteiger partial charge in [0.05, 0.1) is 36.2 Å². The summed E-state index contributed by atoms with van der Waals surface area (Å²) in [7, 11) is 0. The summed E-state index contributed by atoms with van der Waals surface area (Å²) in [6.07, 6.45) is -2.97. The molecule has 1 fully saturated rings. The molecule has 0 bridgehead atoms. The lowest BCUT2D eigenvalue weighted by Gasteiger charge is -2.36. The smallest absolute Gasteiger partial charge is 0.378 e. The monoisotopic (exact) mass is 517 g/mol. The molecule has 2 aliphatic rings. The molecule has 0 aliphatic carbocycles. The van der Waals surface area contributed by atoms with E-state index in [9.17, 15) is 13.2 Å². The highest BCUT2D eigenvalue weighted by atomic mass is 35.5. The number of fused-ring (bicyclic) bond motifs is 1. The summed E-state index contributed by atoms with van der Waals surface area (Å²) in [5.74, 6) is 0.536. The lowest BCUT2D eigenvalue weighted by molar-refractivity contribution is -0.138. The van der Waals surface area contributed by atoms with Crippen LogP contribution in [0.4, 0.5) is 36.1 Å².